The smallest absolute Gasteiger partial charge is 0.111 e. The number of ether oxygens (including phenoxy) is 1. The first-order valence-electron chi connectivity index (χ1n) is 3.88. The number of aliphatic hydroxyl groups excluding tert-OH is 4. The topological polar surface area (TPSA) is 90.2 Å². The van der Waals surface area contributed by atoms with Gasteiger partial charge in [-0.2, -0.15) is 0 Å². The van der Waals surface area contributed by atoms with Crippen molar-refractivity contribution in [3.05, 3.63) is 0 Å². The van der Waals surface area contributed by atoms with Crippen LogP contribution in [0, 0.1) is 0 Å². The van der Waals surface area contributed by atoms with Gasteiger partial charge in [0.2, 0.25) is 0 Å². The lowest BCUT2D eigenvalue weighted by atomic mass is 9.96. The lowest BCUT2D eigenvalue weighted by Crippen LogP contribution is -2.57. The minimum atomic E-state index is -1.24. The highest BCUT2D eigenvalue weighted by atomic mass is 16.5. The predicted octanol–water partition coefficient (Wildman–Crippen LogP) is -2.15. The first kappa shape index (κ1) is 9.88. The molecule has 12 heavy (non-hydrogen) atoms. The molecule has 1 rings (SSSR count). The van der Waals surface area contributed by atoms with Crippen LogP contribution in [0.5, 0.6) is 0 Å². The van der Waals surface area contributed by atoms with Crippen LogP contribution < -0.4 is 0 Å². The SMILES string of the molecule is CC1OC(CO)[C@H](O)[C@@H](O)[C@@H]1O. The fourth-order valence-corrected chi connectivity index (χ4v) is 1.29. The minimum absolute atomic E-state index is 0.366. The molecule has 0 aromatic carbocycles. The van der Waals surface area contributed by atoms with E-state index in [0.717, 1.165) is 0 Å². The molecule has 1 fully saturated rings. The van der Waals surface area contributed by atoms with Crippen LogP contribution in [0.3, 0.4) is 0 Å². The van der Waals surface area contributed by atoms with Crippen molar-refractivity contribution in [2.45, 2.75) is 37.4 Å². The van der Waals surface area contributed by atoms with Gasteiger partial charge in [-0.25, -0.2) is 0 Å². The van der Waals surface area contributed by atoms with Crippen LogP contribution in [-0.2, 0) is 4.74 Å². The summed E-state index contributed by atoms with van der Waals surface area (Å²) in [6.45, 7) is 1.21. The molecule has 1 aliphatic heterocycles. The molecule has 1 saturated heterocycles. The summed E-state index contributed by atoms with van der Waals surface area (Å²) in [7, 11) is 0. The largest absolute Gasteiger partial charge is 0.394 e. The van der Waals surface area contributed by atoms with Crippen molar-refractivity contribution in [1.82, 2.24) is 0 Å². The van der Waals surface area contributed by atoms with Gasteiger partial charge >= 0.3 is 0 Å². The maximum absolute atomic E-state index is 9.23. The molecule has 2 unspecified atom stereocenters. The van der Waals surface area contributed by atoms with Gasteiger partial charge < -0.3 is 25.2 Å². The Balaban J connectivity index is 2.63. The van der Waals surface area contributed by atoms with Gasteiger partial charge in [0, 0.05) is 0 Å². The molecule has 4 N–H and O–H groups in total. The number of rotatable bonds is 1. The van der Waals surface area contributed by atoms with Gasteiger partial charge in [0.25, 0.3) is 0 Å². The van der Waals surface area contributed by atoms with Gasteiger partial charge in [-0.05, 0) is 6.92 Å². The van der Waals surface area contributed by atoms with E-state index < -0.39 is 30.5 Å². The van der Waals surface area contributed by atoms with Crippen molar-refractivity contribution in [2.75, 3.05) is 6.61 Å². The van der Waals surface area contributed by atoms with Crippen molar-refractivity contribution >= 4 is 0 Å². The molecule has 5 nitrogen and oxygen atoms in total. The Morgan fingerprint density at radius 3 is 2.17 bits per heavy atom. The van der Waals surface area contributed by atoms with E-state index in [1.807, 2.05) is 0 Å². The summed E-state index contributed by atoms with van der Waals surface area (Å²) >= 11 is 0. The van der Waals surface area contributed by atoms with Crippen LogP contribution in [0.2, 0.25) is 0 Å². The molecular formula is C7H14O5. The average molecular weight is 178 g/mol. The summed E-state index contributed by atoms with van der Waals surface area (Å²) in [6.07, 6.45) is -4.94. The van der Waals surface area contributed by atoms with E-state index in [9.17, 15) is 15.3 Å². The van der Waals surface area contributed by atoms with Crippen molar-refractivity contribution in [1.29, 1.82) is 0 Å². The zero-order chi connectivity index (χ0) is 9.30. The Kier molecular flexibility index (Phi) is 3.03. The average Bonchev–Trinajstić information content (AvgIpc) is 2.08. The highest BCUT2D eigenvalue weighted by molar-refractivity contribution is 4.89. The highest BCUT2D eigenvalue weighted by Gasteiger charge is 2.41. The monoisotopic (exact) mass is 178 g/mol. The normalized spacial score (nSPS) is 49.2. The second-order valence-electron chi connectivity index (χ2n) is 3.03. The maximum atomic E-state index is 9.23. The second kappa shape index (κ2) is 3.68. The third-order valence-corrected chi connectivity index (χ3v) is 2.13. The lowest BCUT2D eigenvalue weighted by Gasteiger charge is -2.38. The van der Waals surface area contributed by atoms with E-state index >= 15 is 0 Å². The molecule has 0 spiro atoms. The van der Waals surface area contributed by atoms with Crippen LogP contribution in [0.1, 0.15) is 6.92 Å². The molecule has 5 heteroatoms. The predicted molar refractivity (Wildman–Crippen MR) is 39.4 cm³/mol. The van der Waals surface area contributed by atoms with Gasteiger partial charge in [0.05, 0.1) is 12.7 Å². The minimum Gasteiger partial charge on any atom is -0.394 e. The third kappa shape index (κ3) is 1.60. The highest BCUT2D eigenvalue weighted by Crippen LogP contribution is 2.20. The second-order valence-corrected chi connectivity index (χ2v) is 3.03. The van der Waals surface area contributed by atoms with E-state index in [-0.39, 0.29) is 6.61 Å². The summed E-state index contributed by atoms with van der Waals surface area (Å²) < 4.78 is 5.02. The van der Waals surface area contributed by atoms with Gasteiger partial charge in [0.15, 0.2) is 0 Å². The molecule has 0 radical (unpaired) electrons. The summed E-state index contributed by atoms with van der Waals surface area (Å²) in [5.41, 5.74) is 0. The zero-order valence-corrected chi connectivity index (χ0v) is 6.79. The molecular weight excluding hydrogens is 164 g/mol. The van der Waals surface area contributed by atoms with E-state index in [0.29, 0.717) is 0 Å². The molecule has 5 atom stereocenters. The Labute approximate surface area is 70.2 Å². The van der Waals surface area contributed by atoms with E-state index in [2.05, 4.69) is 0 Å². The Morgan fingerprint density at radius 1 is 1.08 bits per heavy atom. The third-order valence-electron chi connectivity index (χ3n) is 2.13. The van der Waals surface area contributed by atoms with Crippen molar-refractivity contribution in [3.63, 3.8) is 0 Å². The van der Waals surface area contributed by atoms with Crippen LogP contribution >= 0.6 is 0 Å². The summed E-state index contributed by atoms with van der Waals surface area (Å²) in [4.78, 5) is 0. The van der Waals surface area contributed by atoms with E-state index in [1.54, 1.807) is 6.92 Å². The number of aliphatic hydroxyl groups is 4. The molecule has 0 amide bonds. The maximum Gasteiger partial charge on any atom is 0.111 e. The zero-order valence-electron chi connectivity index (χ0n) is 6.79. The Hall–Kier alpha value is -0.200. The first-order valence-corrected chi connectivity index (χ1v) is 3.88. The standard InChI is InChI=1S/C7H14O5/c1-3-5(9)7(11)6(10)4(2-8)12-3/h3-11H,2H2,1H3/t3?,4?,5-,6+,7+/m1/s1. The van der Waals surface area contributed by atoms with Crippen molar-refractivity contribution in [3.8, 4) is 0 Å². The van der Waals surface area contributed by atoms with Crippen LogP contribution in [0.25, 0.3) is 0 Å². The molecule has 0 aromatic rings. The summed E-state index contributed by atoms with van der Waals surface area (Å²) in [5.74, 6) is 0. The molecule has 1 aliphatic rings. The fourth-order valence-electron chi connectivity index (χ4n) is 1.29. The Morgan fingerprint density at radius 2 is 1.67 bits per heavy atom. The first-order chi connectivity index (χ1) is 5.57. The molecule has 0 aliphatic carbocycles. The lowest BCUT2D eigenvalue weighted by molar-refractivity contribution is -0.224. The summed E-state index contributed by atoms with van der Waals surface area (Å²) in [6, 6.07) is 0. The number of hydrogen-bond donors (Lipinski definition) is 4. The van der Waals surface area contributed by atoms with Crippen LogP contribution in [0.15, 0.2) is 0 Å². The molecule has 0 aromatic heterocycles. The Bertz CT molecular complexity index is 146. The molecule has 0 bridgehead atoms. The summed E-state index contributed by atoms with van der Waals surface area (Å²) in [5, 5.41) is 36.4. The molecule has 1 heterocycles. The van der Waals surface area contributed by atoms with Crippen molar-refractivity contribution in [2.24, 2.45) is 0 Å². The van der Waals surface area contributed by atoms with Gasteiger partial charge in [0.1, 0.15) is 24.4 Å². The number of hydrogen-bond acceptors (Lipinski definition) is 5. The van der Waals surface area contributed by atoms with Gasteiger partial charge in [-0.3, -0.25) is 0 Å². The quantitative estimate of drug-likeness (QED) is 0.367. The fraction of sp³-hybridized carbons (Fsp3) is 1.00. The van der Waals surface area contributed by atoms with E-state index in [4.69, 9.17) is 9.84 Å². The van der Waals surface area contributed by atoms with Gasteiger partial charge in [-0.1, -0.05) is 0 Å². The van der Waals surface area contributed by atoms with Crippen LogP contribution in [-0.4, -0.2) is 57.6 Å². The van der Waals surface area contributed by atoms with Crippen molar-refractivity contribution < 1.29 is 25.2 Å². The van der Waals surface area contributed by atoms with Crippen LogP contribution in [0.4, 0.5) is 0 Å². The molecule has 72 valence electrons. The van der Waals surface area contributed by atoms with Gasteiger partial charge in [-0.15, -0.1) is 0 Å². The van der Waals surface area contributed by atoms with E-state index in [1.165, 1.54) is 0 Å². The molecule has 0 saturated carbocycles.